The maximum Gasteiger partial charge on any atom is 0.0891 e. The number of rotatable bonds is 8. The summed E-state index contributed by atoms with van der Waals surface area (Å²) in [4.78, 5) is 2.45. The number of unbranched alkanes of at least 4 members (excludes halogenated alkanes) is 4. The molecule has 1 aliphatic heterocycles. The van der Waals surface area contributed by atoms with Crippen molar-refractivity contribution in [1.82, 2.24) is 4.90 Å². The smallest absolute Gasteiger partial charge is 0.0891 e. The molecule has 1 fully saturated rings. The molecule has 4 heteroatoms. The maximum atomic E-state index is 10.8. The zero-order valence-corrected chi connectivity index (χ0v) is 10.6. The molecule has 0 amide bonds. The Balaban J connectivity index is 1.87. The first kappa shape index (κ1) is 13.1. The van der Waals surface area contributed by atoms with Crippen molar-refractivity contribution in [3.8, 4) is 0 Å². The van der Waals surface area contributed by atoms with Crippen molar-refractivity contribution >= 4 is 11.0 Å². The molecular weight excluding hydrogens is 208 g/mol. The topological polar surface area (TPSA) is 46.3 Å². The molecule has 0 saturated carbocycles. The number of hydrogen-bond acceptors (Lipinski definition) is 2. The lowest BCUT2D eigenvalue weighted by molar-refractivity contribution is 0.113. The number of likely N-dealkylation sites (tertiary alicyclic amines) is 1. The third kappa shape index (κ3) is 5.64. The van der Waals surface area contributed by atoms with Crippen LogP contribution in [0.4, 0.5) is 0 Å². The molecule has 0 bridgehead atoms. The summed E-state index contributed by atoms with van der Waals surface area (Å²) in [5.41, 5.74) is 0. The fraction of sp³-hybridized carbons (Fsp3) is 1.00. The maximum absolute atomic E-state index is 10.8. The third-order valence-corrected chi connectivity index (χ3v) is 3.81. The van der Waals surface area contributed by atoms with Crippen LogP contribution >= 0.6 is 0 Å². The average Bonchev–Trinajstić information content (AvgIpc) is 2.12. The third-order valence-electron chi connectivity index (χ3n) is 3.01. The van der Waals surface area contributed by atoms with E-state index in [9.17, 15) is 4.21 Å². The van der Waals surface area contributed by atoms with Gasteiger partial charge in [-0.1, -0.05) is 32.6 Å². The molecule has 0 aliphatic carbocycles. The lowest BCUT2D eigenvalue weighted by atomic mass is 10.0. The van der Waals surface area contributed by atoms with Crippen LogP contribution in [-0.4, -0.2) is 34.5 Å². The first-order valence-corrected chi connectivity index (χ1v) is 7.45. The van der Waals surface area contributed by atoms with Crippen LogP contribution in [0.2, 0.25) is 0 Å². The fourth-order valence-electron chi connectivity index (χ4n) is 2.14. The molecule has 0 aromatic carbocycles. The predicted molar refractivity (Wildman–Crippen MR) is 65.9 cm³/mol. The van der Waals surface area contributed by atoms with Gasteiger partial charge in [-0.05, 0) is 18.9 Å². The van der Waals surface area contributed by atoms with E-state index in [0.29, 0.717) is 11.7 Å². The van der Waals surface area contributed by atoms with E-state index in [1.807, 2.05) is 0 Å². The Bertz CT molecular complexity index is 193. The highest BCUT2D eigenvalue weighted by atomic mass is 32.2. The first-order chi connectivity index (χ1) is 7.22. The summed E-state index contributed by atoms with van der Waals surface area (Å²) in [7, 11) is -1.10. The molecule has 0 spiro atoms. The molecule has 1 atom stereocenters. The van der Waals surface area contributed by atoms with Crippen molar-refractivity contribution in [2.75, 3.05) is 25.4 Å². The molecule has 90 valence electrons. The highest BCUT2D eigenvalue weighted by Crippen LogP contribution is 2.16. The van der Waals surface area contributed by atoms with Gasteiger partial charge in [0.25, 0.3) is 0 Å². The summed E-state index contributed by atoms with van der Waals surface area (Å²) in [6.45, 7) is 5.68. The molecule has 1 aliphatic rings. The first-order valence-electron chi connectivity index (χ1n) is 6.07. The van der Waals surface area contributed by atoms with E-state index in [1.165, 1.54) is 38.6 Å². The van der Waals surface area contributed by atoms with Crippen molar-refractivity contribution in [2.45, 2.75) is 39.0 Å². The molecule has 1 rings (SSSR count). The Kier molecular flexibility index (Phi) is 6.45. The Morgan fingerprint density at radius 3 is 2.53 bits per heavy atom. The van der Waals surface area contributed by atoms with Crippen LogP contribution in [0.25, 0.3) is 0 Å². The van der Waals surface area contributed by atoms with Gasteiger partial charge in [-0.25, -0.2) is 4.21 Å². The van der Waals surface area contributed by atoms with Crippen LogP contribution in [0.15, 0.2) is 0 Å². The van der Waals surface area contributed by atoms with Crippen molar-refractivity contribution in [3.05, 3.63) is 0 Å². The van der Waals surface area contributed by atoms with Gasteiger partial charge < -0.3 is 4.90 Å². The van der Waals surface area contributed by atoms with Gasteiger partial charge in [0.1, 0.15) is 0 Å². The van der Waals surface area contributed by atoms with Gasteiger partial charge >= 0.3 is 0 Å². The van der Waals surface area contributed by atoms with Gasteiger partial charge in [0, 0.05) is 18.8 Å². The minimum atomic E-state index is -1.10. The summed E-state index contributed by atoms with van der Waals surface area (Å²) in [6, 6.07) is 0. The highest BCUT2D eigenvalue weighted by Gasteiger charge is 2.26. The summed E-state index contributed by atoms with van der Waals surface area (Å²) < 4.78 is 10.8. The molecule has 3 nitrogen and oxygen atoms in total. The van der Waals surface area contributed by atoms with E-state index in [2.05, 4.69) is 11.8 Å². The molecule has 1 unspecified atom stereocenters. The van der Waals surface area contributed by atoms with Crippen LogP contribution in [0.5, 0.6) is 0 Å². The fourth-order valence-corrected chi connectivity index (χ4v) is 2.81. The van der Waals surface area contributed by atoms with Gasteiger partial charge in [0.05, 0.1) is 11.0 Å². The van der Waals surface area contributed by atoms with Crippen LogP contribution in [0, 0.1) is 5.92 Å². The summed E-state index contributed by atoms with van der Waals surface area (Å²) >= 11 is 0. The second-order valence-electron chi connectivity index (χ2n) is 4.59. The predicted octanol–water partition coefficient (Wildman–Crippen LogP) is 1.51. The standard InChI is InChI=1S/C11H24N2OS/c1-2-3-4-5-6-7-13-8-11(9-13)10-15(12)14/h11H,2-10,12H2,1H3. The van der Waals surface area contributed by atoms with Crippen molar-refractivity contribution in [3.63, 3.8) is 0 Å². The van der Waals surface area contributed by atoms with Crippen molar-refractivity contribution in [1.29, 1.82) is 0 Å². The summed E-state index contributed by atoms with van der Waals surface area (Å²) in [6.07, 6.45) is 6.74. The van der Waals surface area contributed by atoms with E-state index in [0.717, 1.165) is 13.1 Å². The van der Waals surface area contributed by atoms with E-state index >= 15 is 0 Å². The number of nitrogens with zero attached hydrogens (tertiary/aromatic N) is 1. The lowest BCUT2D eigenvalue weighted by Gasteiger charge is -2.38. The number of nitrogens with two attached hydrogens (primary N) is 1. The van der Waals surface area contributed by atoms with Crippen LogP contribution < -0.4 is 5.14 Å². The highest BCUT2D eigenvalue weighted by molar-refractivity contribution is 7.82. The number of hydrogen-bond donors (Lipinski definition) is 1. The van der Waals surface area contributed by atoms with Gasteiger partial charge in [-0.3, -0.25) is 5.14 Å². The zero-order valence-electron chi connectivity index (χ0n) is 9.78. The zero-order chi connectivity index (χ0) is 11.1. The monoisotopic (exact) mass is 232 g/mol. The lowest BCUT2D eigenvalue weighted by Crippen LogP contribution is -2.49. The summed E-state index contributed by atoms with van der Waals surface area (Å²) in [5.74, 6) is 1.28. The second kappa shape index (κ2) is 7.36. The molecule has 0 aromatic rings. The largest absolute Gasteiger partial charge is 0.303 e. The van der Waals surface area contributed by atoms with E-state index in [1.54, 1.807) is 0 Å². The molecule has 1 saturated heterocycles. The molecule has 15 heavy (non-hydrogen) atoms. The molecular formula is C11H24N2OS. The Morgan fingerprint density at radius 2 is 1.93 bits per heavy atom. The van der Waals surface area contributed by atoms with Crippen molar-refractivity contribution < 1.29 is 4.21 Å². The Labute approximate surface area is 96.0 Å². The van der Waals surface area contributed by atoms with Gasteiger partial charge in [0.15, 0.2) is 0 Å². The minimum absolute atomic E-state index is 0.589. The van der Waals surface area contributed by atoms with E-state index in [4.69, 9.17) is 5.14 Å². The van der Waals surface area contributed by atoms with Gasteiger partial charge in [-0.2, -0.15) is 0 Å². The molecule has 0 radical (unpaired) electrons. The molecule has 1 heterocycles. The quantitative estimate of drug-likeness (QED) is 0.645. The normalized spacial score (nSPS) is 20.1. The van der Waals surface area contributed by atoms with E-state index < -0.39 is 11.0 Å². The van der Waals surface area contributed by atoms with Gasteiger partial charge in [0.2, 0.25) is 0 Å². The minimum Gasteiger partial charge on any atom is -0.303 e. The SMILES string of the molecule is CCCCCCCN1CC(CS(N)=O)C1. The molecule has 0 aromatic heterocycles. The van der Waals surface area contributed by atoms with Crippen LogP contribution in [0.3, 0.4) is 0 Å². The second-order valence-corrected chi connectivity index (χ2v) is 5.68. The molecule has 2 N–H and O–H groups in total. The van der Waals surface area contributed by atoms with Crippen LogP contribution in [0.1, 0.15) is 39.0 Å². The van der Waals surface area contributed by atoms with Crippen molar-refractivity contribution in [2.24, 2.45) is 11.1 Å². The van der Waals surface area contributed by atoms with Crippen LogP contribution in [-0.2, 0) is 11.0 Å². The summed E-state index contributed by atoms with van der Waals surface area (Å²) in [5, 5.41) is 5.26. The average molecular weight is 232 g/mol. The van der Waals surface area contributed by atoms with Gasteiger partial charge in [-0.15, -0.1) is 0 Å². The Hall–Kier alpha value is 0.0700. The van der Waals surface area contributed by atoms with E-state index in [-0.39, 0.29) is 0 Å². The Morgan fingerprint density at radius 1 is 1.27 bits per heavy atom.